The van der Waals surface area contributed by atoms with Gasteiger partial charge in [-0.25, -0.2) is 4.98 Å². The van der Waals surface area contributed by atoms with Crippen molar-refractivity contribution in [2.24, 2.45) is 0 Å². The molecular formula is C14H19N3. The molecule has 0 bridgehead atoms. The second-order valence-electron chi connectivity index (χ2n) is 5.29. The largest absolute Gasteiger partial charge is 0.316 e. The van der Waals surface area contributed by atoms with Crippen molar-refractivity contribution < 1.29 is 0 Å². The summed E-state index contributed by atoms with van der Waals surface area (Å²) in [4.78, 5) is 6.92. The smallest absolute Gasteiger partial charge is 0.141 e. The molecule has 3 heteroatoms. The predicted molar refractivity (Wildman–Crippen MR) is 70.2 cm³/mol. The lowest BCUT2D eigenvalue weighted by Gasteiger charge is -2.26. The Hall–Kier alpha value is -1.35. The summed E-state index contributed by atoms with van der Waals surface area (Å²) in [7, 11) is 2.17. The molecule has 0 spiro atoms. The fourth-order valence-corrected chi connectivity index (χ4v) is 2.93. The Morgan fingerprint density at radius 2 is 2.18 bits per heavy atom. The van der Waals surface area contributed by atoms with E-state index in [9.17, 15) is 0 Å². The van der Waals surface area contributed by atoms with Crippen LogP contribution in [0, 0.1) is 0 Å². The molecule has 17 heavy (non-hydrogen) atoms. The van der Waals surface area contributed by atoms with Crippen molar-refractivity contribution in [2.45, 2.75) is 32.9 Å². The van der Waals surface area contributed by atoms with Crippen molar-refractivity contribution in [3.05, 3.63) is 29.6 Å². The lowest BCUT2D eigenvalue weighted by atomic mass is 9.98. The predicted octanol–water partition coefficient (Wildman–Crippen LogP) is 2.61. The molecule has 90 valence electrons. The monoisotopic (exact) mass is 229 g/mol. The highest BCUT2D eigenvalue weighted by atomic mass is 15.3. The number of fused-ring (bicyclic) bond motifs is 3. The number of hydrogen-bond acceptors (Lipinski definition) is 2. The van der Waals surface area contributed by atoms with Crippen LogP contribution in [0.2, 0.25) is 0 Å². The second-order valence-corrected chi connectivity index (χ2v) is 5.29. The molecule has 2 aromatic rings. The number of nitrogens with zero attached hydrogens (tertiary/aromatic N) is 3. The van der Waals surface area contributed by atoms with E-state index in [0.717, 1.165) is 25.3 Å². The summed E-state index contributed by atoms with van der Waals surface area (Å²) < 4.78 is 2.38. The van der Waals surface area contributed by atoms with Gasteiger partial charge >= 0.3 is 0 Å². The van der Waals surface area contributed by atoms with E-state index in [4.69, 9.17) is 0 Å². The van der Waals surface area contributed by atoms with Gasteiger partial charge in [0.05, 0.1) is 6.67 Å². The van der Waals surface area contributed by atoms with Gasteiger partial charge in [-0.1, -0.05) is 13.8 Å². The first-order chi connectivity index (χ1) is 8.18. The van der Waals surface area contributed by atoms with E-state index < -0.39 is 0 Å². The second kappa shape index (κ2) is 3.84. The van der Waals surface area contributed by atoms with Crippen LogP contribution in [0.25, 0.3) is 11.0 Å². The summed E-state index contributed by atoms with van der Waals surface area (Å²) >= 11 is 0. The van der Waals surface area contributed by atoms with Crippen molar-refractivity contribution in [1.82, 2.24) is 14.5 Å². The third kappa shape index (κ3) is 1.57. The van der Waals surface area contributed by atoms with E-state index in [-0.39, 0.29) is 0 Å². The Balaban J connectivity index is 2.32. The summed E-state index contributed by atoms with van der Waals surface area (Å²) in [6, 6.07) is 4.26. The Kier molecular flexibility index (Phi) is 2.44. The molecule has 0 unspecified atom stereocenters. The van der Waals surface area contributed by atoms with Crippen molar-refractivity contribution >= 4 is 11.0 Å². The zero-order chi connectivity index (χ0) is 12.0. The third-order valence-electron chi connectivity index (χ3n) is 3.66. The maximum absolute atomic E-state index is 4.57. The van der Waals surface area contributed by atoms with Crippen LogP contribution in [-0.4, -0.2) is 28.0 Å². The van der Waals surface area contributed by atoms with Crippen LogP contribution in [-0.2, 0) is 13.1 Å². The highest BCUT2D eigenvalue weighted by Crippen LogP contribution is 2.32. The van der Waals surface area contributed by atoms with E-state index in [1.165, 1.54) is 16.6 Å². The molecule has 3 heterocycles. The van der Waals surface area contributed by atoms with Gasteiger partial charge in [-0.2, -0.15) is 0 Å². The van der Waals surface area contributed by atoms with Gasteiger partial charge in [-0.15, -0.1) is 0 Å². The highest BCUT2D eigenvalue weighted by Gasteiger charge is 2.23. The summed E-state index contributed by atoms with van der Waals surface area (Å²) in [5, 5.41) is 1.34. The Bertz CT molecular complexity index is 554. The first kappa shape index (κ1) is 10.8. The fourth-order valence-electron chi connectivity index (χ4n) is 2.93. The first-order valence-electron chi connectivity index (χ1n) is 6.33. The van der Waals surface area contributed by atoms with E-state index in [2.05, 4.69) is 41.4 Å². The number of aromatic nitrogens is 2. The molecule has 3 nitrogen and oxygen atoms in total. The average Bonchev–Trinajstić information content (AvgIpc) is 2.63. The zero-order valence-corrected chi connectivity index (χ0v) is 10.8. The van der Waals surface area contributed by atoms with Gasteiger partial charge in [0.2, 0.25) is 0 Å². The van der Waals surface area contributed by atoms with Crippen LogP contribution in [0.5, 0.6) is 0 Å². The van der Waals surface area contributed by atoms with Crippen LogP contribution >= 0.6 is 0 Å². The Morgan fingerprint density at radius 1 is 1.35 bits per heavy atom. The molecule has 0 N–H and O–H groups in total. The number of hydrogen-bond donors (Lipinski definition) is 0. The topological polar surface area (TPSA) is 21.1 Å². The molecule has 0 aromatic carbocycles. The fraction of sp³-hybridized carbons (Fsp3) is 0.500. The van der Waals surface area contributed by atoms with E-state index in [1.807, 2.05) is 12.3 Å². The third-order valence-corrected chi connectivity index (χ3v) is 3.66. The molecule has 1 aliphatic rings. The molecule has 0 atom stereocenters. The normalized spacial score (nSPS) is 16.7. The van der Waals surface area contributed by atoms with Gasteiger partial charge in [0.15, 0.2) is 0 Å². The molecule has 0 saturated heterocycles. The molecule has 0 saturated carbocycles. The minimum absolute atomic E-state index is 0.571. The summed E-state index contributed by atoms with van der Waals surface area (Å²) in [6.45, 7) is 6.67. The van der Waals surface area contributed by atoms with Gasteiger partial charge in [0.25, 0.3) is 0 Å². The highest BCUT2D eigenvalue weighted by molar-refractivity contribution is 5.83. The SMILES string of the molecule is CC(C)c1c2n(c3ncccc13)CN(C)CC2. The number of rotatable bonds is 1. The van der Waals surface area contributed by atoms with E-state index >= 15 is 0 Å². The van der Waals surface area contributed by atoms with Gasteiger partial charge in [0, 0.05) is 30.2 Å². The maximum Gasteiger partial charge on any atom is 0.141 e. The van der Waals surface area contributed by atoms with Crippen LogP contribution in [0.3, 0.4) is 0 Å². The molecule has 0 aliphatic carbocycles. The average molecular weight is 229 g/mol. The molecule has 1 aliphatic heterocycles. The maximum atomic E-state index is 4.57. The first-order valence-corrected chi connectivity index (χ1v) is 6.33. The Morgan fingerprint density at radius 3 is 2.94 bits per heavy atom. The lowest BCUT2D eigenvalue weighted by Crippen LogP contribution is -2.31. The molecule has 0 amide bonds. The van der Waals surface area contributed by atoms with Crippen molar-refractivity contribution in [1.29, 1.82) is 0 Å². The Labute approximate surface area is 102 Å². The minimum Gasteiger partial charge on any atom is -0.316 e. The molecular weight excluding hydrogens is 210 g/mol. The van der Waals surface area contributed by atoms with Gasteiger partial charge in [-0.3, -0.25) is 4.90 Å². The summed E-state index contributed by atoms with van der Waals surface area (Å²) in [6.07, 6.45) is 3.04. The minimum atomic E-state index is 0.571. The standard InChI is InChI=1S/C14H19N3/c1-10(2)13-11-5-4-7-15-14(11)17-9-16(3)8-6-12(13)17/h4-5,7,10H,6,8-9H2,1-3H3. The van der Waals surface area contributed by atoms with E-state index in [1.54, 1.807) is 0 Å². The number of likely N-dealkylation sites (N-methyl/N-ethyl adjacent to an activating group) is 1. The zero-order valence-electron chi connectivity index (χ0n) is 10.8. The van der Waals surface area contributed by atoms with E-state index in [0.29, 0.717) is 5.92 Å². The molecule has 3 rings (SSSR count). The quantitative estimate of drug-likeness (QED) is 0.749. The van der Waals surface area contributed by atoms with Crippen molar-refractivity contribution in [3.63, 3.8) is 0 Å². The molecule has 0 fully saturated rings. The molecule has 0 radical (unpaired) electrons. The van der Waals surface area contributed by atoms with Crippen molar-refractivity contribution in [3.8, 4) is 0 Å². The van der Waals surface area contributed by atoms with Crippen LogP contribution in [0.1, 0.15) is 31.0 Å². The summed E-state index contributed by atoms with van der Waals surface area (Å²) in [5.41, 5.74) is 4.14. The van der Waals surface area contributed by atoms with Crippen LogP contribution < -0.4 is 0 Å². The van der Waals surface area contributed by atoms with Crippen LogP contribution in [0.4, 0.5) is 0 Å². The number of pyridine rings is 1. The molecule has 2 aromatic heterocycles. The van der Waals surface area contributed by atoms with Crippen molar-refractivity contribution in [2.75, 3.05) is 13.6 Å². The van der Waals surface area contributed by atoms with Gasteiger partial charge in [0.1, 0.15) is 5.65 Å². The lowest BCUT2D eigenvalue weighted by molar-refractivity contribution is 0.243. The summed E-state index contributed by atoms with van der Waals surface area (Å²) in [5.74, 6) is 0.571. The van der Waals surface area contributed by atoms with Gasteiger partial charge in [-0.05, 0) is 30.7 Å². The van der Waals surface area contributed by atoms with Gasteiger partial charge < -0.3 is 4.57 Å². The van der Waals surface area contributed by atoms with Crippen LogP contribution in [0.15, 0.2) is 18.3 Å².